The maximum atomic E-state index is 11.4. The number of ketones is 1. The number of ether oxygens (including phenoxy) is 1. The number of hydrogen-bond donors (Lipinski definition) is 1. The average molecular weight is 227 g/mol. The summed E-state index contributed by atoms with van der Waals surface area (Å²) >= 11 is 0. The number of Topliss-reactive ketones (excluding diaryl/α,β-unsaturated/α-hetero) is 1. The standard InChI is InChI=1S/C13H25NO2/c1-4-9-14-10-5-7-13(15)8-6-11-16-12(2)3/h4,12,14H,1,5-11H2,2-3H3. The van der Waals surface area contributed by atoms with Gasteiger partial charge in [-0.25, -0.2) is 0 Å². The van der Waals surface area contributed by atoms with E-state index in [2.05, 4.69) is 11.9 Å². The highest BCUT2D eigenvalue weighted by Crippen LogP contribution is 2.00. The molecule has 0 saturated carbocycles. The van der Waals surface area contributed by atoms with Gasteiger partial charge in [-0.15, -0.1) is 6.58 Å². The lowest BCUT2D eigenvalue weighted by Gasteiger charge is -2.06. The number of carbonyl (C=O) groups is 1. The second-order valence-corrected chi connectivity index (χ2v) is 4.16. The highest BCUT2D eigenvalue weighted by Gasteiger charge is 2.01. The number of nitrogens with one attached hydrogen (secondary N) is 1. The summed E-state index contributed by atoms with van der Waals surface area (Å²) in [7, 11) is 0. The van der Waals surface area contributed by atoms with Gasteiger partial charge in [0.05, 0.1) is 6.10 Å². The van der Waals surface area contributed by atoms with Crippen LogP contribution in [0.1, 0.15) is 39.5 Å². The predicted molar refractivity (Wildman–Crippen MR) is 67.6 cm³/mol. The quantitative estimate of drug-likeness (QED) is 0.435. The largest absolute Gasteiger partial charge is 0.379 e. The molecule has 0 aliphatic heterocycles. The molecule has 0 atom stereocenters. The molecule has 16 heavy (non-hydrogen) atoms. The minimum atomic E-state index is 0.262. The normalized spacial score (nSPS) is 10.7. The van der Waals surface area contributed by atoms with Crippen LogP contribution in [0.2, 0.25) is 0 Å². The summed E-state index contributed by atoms with van der Waals surface area (Å²) in [6, 6.07) is 0. The minimum Gasteiger partial charge on any atom is -0.379 e. The Morgan fingerprint density at radius 2 is 2.06 bits per heavy atom. The first-order valence-corrected chi connectivity index (χ1v) is 6.11. The Kier molecular flexibility index (Phi) is 10.4. The van der Waals surface area contributed by atoms with Crippen molar-refractivity contribution in [1.29, 1.82) is 0 Å². The summed E-state index contributed by atoms with van der Waals surface area (Å²) < 4.78 is 5.37. The van der Waals surface area contributed by atoms with E-state index in [9.17, 15) is 4.79 Å². The number of carbonyl (C=O) groups excluding carboxylic acids is 1. The lowest BCUT2D eigenvalue weighted by Crippen LogP contribution is -2.16. The molecule has 0 aromatic carbocycles. The molecule has 0 unspecified atom stereocenters. The first-order valence-electron chi connectivity index (χ1n) is 6.11. The van der Waals surface area contributed by atoms with E-state index >= 15 is 0 Å². The highest BCUT2D eigenvalue weighted by molar-refractivity contribution is 5.78. The van der Waals surface area contributed by atoms with Gasteiger partial charge in [0.2, 0.25) is 0 Å². The van der Waals surface area contributed by atoms with Gasteiger partial charge in [0, 0.05) is 26.0 Å². The monoisotopic (exact) mass is 227 g/mol. The molecule has 0 fully saturated rings. The van der Waals surface area contributed by atoms with E-state index in [-0.39, 0.29) is 6.10 Å². The molecule has 94 valence electrons. The molecule has 0 aromatic heterocycles. The summed E-state index contributed by atoms with van der Waals surface area (Å²) in [5.74, 6) is 0.341. The Hall–Kier alpha value is -0.670. The summed E-state index contributed by atoms with van der Waals surface area (Å²) in [6.07, 6.45) is 5.16. The van der Waals surface area contributed by atoms with Gasteiger partial charge in [-0.3, -0.25) is 4.79 Å². The second-order valence-electron chi connectivity index (χ2n) is 4.16. The van der Waals surface area contributed by atoms with Gasteiger partial charge >= 0.3 is 0 Å². The maximum Gasteiger partial charge on any atom is 0.133 e. The molecule has 0 spiro atoms. The van der Waals surface area contributed by atoms with Crippen molar-refractivity contribution in [2.24, 2.45) is 0 Å². The second kappa shape index (κ2) is 10.8. The third kappa shape index (κ3) is 11.4. The summed E-state index contributed by atoms with van der Waals surface area (Å²) in [4.78, 5) is 11.4. The van der Waals surface area contributed by atoms with Gasteiger partial charge in [0.15, 0.2) is 0 Å². The summed E-state index contributed by atoms with van der Waals surface area (Å²) in [6.45, 7) is 10.0. The van der Waals surface area contributed by atoms with Crippen molar-refractivity contribution in [3.63, 3.8) is 0 Å². The van der Waals surface area contributed by atoms with E-state index in [1.165, 1.54) is 0 Å². The predicted octanol–water partition coefficient (Wildman–Crippen LogP) is 2.32. The fraction of sp³-hybridized carbons (Fsp3) is 0.769. The molecule has 0 radical (unpaired) electrons. The van der Waals surface area contributed by atoms with E-state index in [1.54, 1.807) is 0 Å². The van der Waals surface area contributed by atoms with Crippen molar-refractivity contribution in [2.75, 3.05) is 19.7 Å². The molecule has 1 N–H and O–H groups in total. The van der Waals surface area contributed by atoms with Crippen LogP contribution in [-0.2, 0) is 9.53 Å². The van der Waals surface area contributed by atoms with E-state index in [0.717, 1.165) is 25.9 Å². The SMILES string of the molecule is C=CCNCCCC(=O)CCCOC(C)C. The molecular formula is C13H25NO2. The molecule has 0 aromatic rings. The zero-order valence-electron chi connectivity index (χ0n) is 10.6. The molecule has 0 bridgehead atoms. The molecule has 3 nitrogen and oxygen atoms in total. The Morgan fingerprint density at radius 3 is 2.69 bits per heavy atom. The summed E-state index contributed by atoms with van der Waals surface area (Å²) in [5.41, 5.74) is 0. The minimum absolute atomic E-state index is 0.262. The van der Waals surface area contributed by atoms with Crippen molar-refractivity contribution >= 4 is 5.78 Å². The highest BCUT2D eigenvalue weighted by atomic mass is 16.5. The van der Waals surface area contributed by atoms with Crippen molar-refractivity contribution in [2.45, 2.75) is 45.6 Å². The molecule has 0 heterocycles. The first-order chi connectivity index (χ1) is 7.66. The maximum absolute atomic E-state index is 11.4. The van der Waals surface area contributed by atoms with Crippen LogP contribution < -0.4 is 5.32 Å². The zero-order valence-corrected chi connectivity index (χ0v) is 10.6. The van der Waals surface area contributed by atoms with Crippen LogP contribution in [0.5, 0.6) is 0 Å². The molecular weight excluding hydrogens is 202 g/mol. The van der Waals surface area contributed by atoms with Crippen molar-refractivity contribution in [3.05, 3.63) is 12.7 Å². The lowest BCUT2D eigenvalue weighted by atomic mass is 10.1. The van der Waals surface area contributed by atoms with Gasteiger partial charge in [-0.05, 0) is 33.2 Å². The van der Waals surface area contributed by atoms with E-state index in [1.807, 2.05) is 19.9 Å². The van der Waals surface area contributed by atoms with Gasteiger partial charge in [-0.1, -0.05) is 6.08 Å². The smallest absolute Gasteiger partial charge is 0.133 e. The van der Waals surface area contributed by atoms with E-state index in [0.29, 0.717) is 25.2 Å². The number of hydrogen-bond acceptors (Lipinski definition) is 3. The Labute approximate surface area is 99.3 Å². The fourth-order valence-electron chi connectivity index (χ4n) is 1.33. The molecule has 3 heteroatoms. The third-order valence-corrected chi connectivity index (χ3v) is 2.15. The zero-order chi connectivity index (χ0) is 12.2. The number of rotatable bonds is 11. The van der Waals surface area contributed by atoms with E-state index < -0.39 is 0 Å². The van der Waals surface area contributed by atoms with Crippen LogP contribution in [0, 0.1) is 0 Å². The molecule has 0 saturated heterocycles. The average Bonchev–Trinajstić information content (AvgIpc) is 2.24. The topological polar surface area (TPSA) is 38.3 Å². The van der Waals surface area contributed by atoms with Crippen molar-refractivity contribution in [1.82, 2.24) is 5.32 Å². The van der Waals surface area contributed by atoms with E-state index in [4.69, 9.17) is 4.74 Å². The third-order valence-electron chi connectivity index (χ3n) is 2.15. The first kappa shape index (κ1) is 15.3. The Balaban J connectivity index is 3.21. The molecule has 0 rings (SSSR count). The van der Waals surface area contributed by atoms with Crippen LogP contribution in [0.3, 0.4) is 0 Å². The van der Waals surface area contributed by atoms with Crippen LogP contribution in [-0.4, -0.2) is 31.6 Å². The van der Waals surface area contributed by atoms with Gasteiger partial charge in [0.25, 0.3) is 0 Å². The lowest BCUT2D eigenvalue weighted by molar-refractivity contribution is -0.119. The van der Waals surface area contributed by atoms with Crippen LogP contribution in [0.4, 0.5) is 0 Å². The van der Waals surface area contributed by atoms with Crippen LogP contribution >= 0.6 is 0 Å². The van der Waals surface area contributed by atoms with Crippen LogP contribution in [0.25, 0.3) is 0 Å². The van der Waals surface area contributed by atoms with Gasteiger partial charge < -0.3 is 10.1 Å². The summed E-state index contributed by atoms with van der Waals surface area (Å²) in [5, 5.41) is 3.18. The van der Waals surface area contributed by atoms with Crippen LogP contribution in [0.15, 0.2) is 12.7 Å². The fourth-order valence-corrected chi connectivity index (χ4v) is 1.33. The van der Waals surface area contributed by atoms with Gasteiger partial charge in [-0.2, -0.15) is 0 Å². The van der Waals surface area contributed by atoms with Gasteiger partial charge in [0.1, 0.15) is 5.78 Å². The Bertz CT molecular complexity index is 190. The van der Waals surface area contributed by atoms with Crippen molar-refractivity contribution in [3.8, 4) is 0 Å². The Morgan fingerprint density at radius 1 is 1.38 bits per heavy atom. The van der Waals surface area contributed by atoms with Crippen molar-refractivity contribution < 1.29 is 9.53 Å². The molecule has 0 aliphatic rings. The molecule has 0 amide bonds. The molecule has 0 aliphatic carbocycles.